The van der Waals surface area contributed by atoms with Crippen LogP contribution in [0.15, 0.2) is 42.5 Å². The fourth-order valence-corrected chi connectivity index (χ4v) is 3.89. The molecule has 0 bridgehead atoms. The molecule has 0 spiro atoms. The van der Waals surface area contributed by atoms with Crippen LogP contribution in [-0.4, -0.2) is 11.9 Å². The third-order valence-electron chi connectivity index (χ3n) is 5.16. The summed E-state index contributed by atoms with van der Waals surface area (Å²) in [6, 6.07) is 12.9. The van der Waals surface area contributed by atoms with E-state index < -0.39 is 17.5 Å². The molecule has 4 rings (SSSR count). The number of carbonyl (C=O) groups excluding carboxylic acids is 1. The van der Waals surface area contributed by atoms with Crippen molar-refractivity contribution in [2.75, 3.05) is 0 Å². The first-order chi connectivity index (χ1) is 11.8. The summed E-state index contributed by atoms with van der Waals surface area (Å²) in [5.74, 6) is -1.04. The van der Waals surface area contributed by atoms with Crippen molar-refractivity contribution in [3.63, 3.8) is 0 Å². The van der Waals surface area contributed by atoms with Crippen LogP contribution in [0.3, 0.4) is 0 Å². The first kappa shape index (κ1) is 16.7. The monoisotopic (exact) mass is 358 g/mol. The van der Waals surface area contributed by atoms with Gasteiger partial charge in [-0.25, -0.2) is 4.89 Å². The Hall–Kier alpha value is -1.72. The van der Waals surface area contributed by atoms with E-state index in [9.17, 15) is 4.79 Å². The summed E-state index contributed by atoms with van der Waals surface area (Å²) >= 11 is 5.96. The van der Waals surface area contributed by atoms with Gasteiger partial charge in [-0.3, -0.25) is 4.79 Å². The van der Waals surface area contributed by atoms with E-state index in [-0.39, 0.29) is 12.2 Å². The molecule has 0 amide bonds. The van der Waals surface area contributed by atoms with Gasteiger partial charge in [-0.15, -0.1) is 0 Å². The summed E-state index contributed by atoms with van der Waals surface area (Å²) in [4.78, 5) is 24.3. The Labute approximate surface area is 151 Å². The molecule has 0 saturated carbocycles. The van der Waals surface area contributed by atoms with Gasteiger partial charge in [0, 0.05) is 28.1 Å². The predicted octanol–water partition coefficient (Wildman–Crippen LogP) is 4.67. The first-order valence-electron chi connectivity index (χ1n) is 8.27. The normalized spacial score (nSPS) is 31.4. The minimum absolute atomic E-state index is 0.0603. The number of aryl methyl sites for hydroxylation is 1. The third-order valence-corrected chi connectivity index (χ3v) is 5.42. The number of hydrogen-bond donors (Lipinski definition) is 0. The molecule has 1 heterocycles. The van der Waals surface area contributed by atoms with Gasteiger partial charge < -0.3 is 4.74 Å². The maximum atomic E-state index is 12.6. The fourth-order valence-electron chi connectivity index (χ4n) is 3.77. The van der Waals surface area contributed by atoms with Gasteiger partial charge in [-0.2, -0.15) is 4.89 Å². The molecule has 2 aromatic rings. The second-order valence-electron chi connectivity index (χ2n) is 6.96. The smallest absolute Gasteiger partial charge is 0.225 e. The van der Waals surface area contributed by atoms with E-state index in [0.29, 0.717) is 10.6 Å². The Morgan fingerprint density at radius 2 is 1.80 bits per heavy atom. The number of fused-ring (bicyclic) bond motifs is 3. The molecule has 3 atom stereocenters. The number of hydrogen-bond acceptors (Lipinski definition) is 4. The number of ketones is 1. The Morgan fingerprint density at radius 1 is 1.08 bits per heavy atom. The van der Waals surface area contributed by atoms with E-state index >= 15 is 0 Å². The minimum atomic E-state index is -1.10. The molecule has 2 aliphatic rings. The van der Waals surface area contributed by atoms with Crippen molar-refractivity contribution in [2.45, 2.75) is 44.7 Å². The lowest BCUT2D eigenvalue weighted by Crippen LogP contribution is -2.56. The Balaban J connectivity index is 1.75. The zero-order valence-corrected chi connectivity index (χ0v) is 15.1. The molecule has 5 heteroatoms. The van der Waals surface area contributed by atoms with Crippen LogP contribution in [-0.2, 0) is 25.9 Å². The van der Waals surface area contributed by atoms with Crippen molar-refractivity contribution in [1.82, 2.24) is 0 Å². The van der Waals surface area contributed by atoms with E-state index in [4.69, 9.17) is 26.1 Å². The summed E-state index contributed by atoms with van der Waals surface area (Å²) in [7, 11) is 0. The largest absolute Gasteiger partial charge is 0.337 e. The van der Waals surface area contributed by atoms with Gasteiger partial charge >= 0.3 is 0 Å². The Kier molecular flexibility index (Phi) is 3.78. The number of ether oxygens (including phenoxy) is 1. The van der Waals surface area contributed by atoms with E-state index in [2.05, 4.69) is 0 Å². The first-order valence-corrected chi connectivity index (χ1v) is 8.65. The number of carbonyl (C=O) groups is 1. The summed E-state index contributed by atoms with van der Waals surface area (Å²) in [6.07, 6.45) is -0.192. The highest BCUT2D eigenvalue weighted by Gasteiger charge is 2.55. The molecule has 0 unspecified atom stereocenters. The molecule has 2 aromatic carbocycles. The van der Waals surface area contributed by atoms with Gasteiger partial charge in [0.1, 0.15) is 6.10 Å². The van der Waals surface area contributed by atoms with Crippen molar-refractivity contribution >= 4 is 17.4 Å². The Bertz CT molecular complexity index is 847. The van der Waals surface area contributed by atoms with Crippen LogP contribution in [0.1, 0.15) is 47.3 Å². The Morgan fingerprint density at radius 3 is 2.52 bits per heavy atom. The van der Waals surface area contributed by atoms with E-state index in [1.807, 2.05) is 44.2 Å². The lowest BCUT2D eigenvalue weighted by molar-refractivity contribution is -0.534. The second kappa shape index (κ2) is 5.64. The van der Waals surface area contributed by atoms with Crippen molar-refractivity contribution in [1.29, 1.82) is 0 Å². The van der Waals surface area contributed by atoms with Crippen molar-refractivity contribution in [2.24, 2.45) is 0 Å². The van der Waals surface area contributed by atoms with Gasteiger partial charge in [0.15, 0.2) is 11.4 Å². The molecule has 4 nitrogen and oxygen atoms in total. The summed E-state index contributed by atoms with van der Waals surface area (Å²) in [5.41, 5.74) is 2.46. The van der Waals surface area contributed by atoms with Gasteiger partial charge in [-0.05, 0) is 38.5 Å². The van der Waals surface area contributed by atoms with Crippen LogP contribution >= 0.6 is 11.6 Å². The van der Waals surface area contributed by atoms with Crippen molar-refractivity contribution in [3.05, 3.63) is 69.7 Å². The molecule has 1 aliphatic carbocycles. The van der Waals surface area contributed by atoms with Crippen LogP contribution in [0.4, 0.5) is 0 Å². The van der Waals surface area contributed by atoms with Crippen LogP contribution in [0.5, 0.6) is 0 Å². The summed E-state index contributed by atoms with van der Waals surface area (Å²) < 4.78 is 6.28. The average Bonchev–Trinajstić information content (AvgIpc) is 2.58. The molecular weight excluding hydrogens is 340 g/mol. The number of halogens is 1. The number of benzene rings is 2. The van der Waals surface area contributed by atoms with E-state index in [1.165, 1.54) is 0 Å². The molecule has 0 radical (unpaired) electrons. The molecular formula is C20H19ClO4. The highest BCUT2D eigenvalue weighted by molar-refractivity contribution is 6.30. The topological polar surface area (TPSA) is 44.8 Å². The molecule has 25 heavy (non-hydrogen) atoms. The maximum absolute atomic E-state index is 12.6. The molecule has 130 valence electrons. The van der Waals surface area contributed by atoms with Gasteiger partial charge in [0.25, 0.3) is 0 Å². The van der Waals surface area contributed by atoms with Gasteiger partial charge in [0.05, 0.1) is 0 Å². The molecule has 1 fully saturated rings. The lowest BCUT2D eigenvalue weighted by atomic mass is 9.75. The van der Waals surface area contributed by atoms with Crippen molar-refractivity contribution in [3.8, 4) is 0 Å². The zero-order valence-electron chi connectivity index (χ0n) is 14.3. The summed E-state index contributed by atoms with van der Waals surface area (Å²) in [5, 5.41) is 0.631. The third kappa shape index (κ3) is 2.52. The van der Waals surface area contributed by atoms with E-state index in [0.717, 1.165) is 16.7 Å². The van der Waals surface area contributed by atoms with E-state index in [1.54, 1.807) is 19.1 Å². The lowest BCUT2D eigenvalue weighted by Gasteiger charge is -2.49. The van der Waals surface area contributed by atoms with Gasteiger partial charge in [0.2, 0.25) is 5.79 Å². The standard InChI is InChI=1S/C20H19ClO4/c1-12-5-4-6-15-16(22)11-17-19(2,18(12)15)24-25-20(3,23-17)13-7-9-14(21)10-8-13/h4-10,17H,11H2,1-3H3/t17-,19-,20-/m0/s1. The molecule has 1 aliphatic heterocycles. The molecule has 1 saturated heterocycles. The highest BCUT2D eigenvalue weighted by atomic mass is 35.5. The van der Waals surface area contributed by atoms with Crippen LogP contribution in [0, 0.1) is 6.92 Å². The average molecular weight is 359 g/mol. The minimum Gasteiger partial charge on any atom is -0.337 e. The predicted molar refractivity (Wildman–Crippen MR) is 93.3 cm³/mol. The molecule has 0 N–H and O–H groups in total. The van der Waals surface area contributed by atoms with Crippen LogP contribution in [0.25, 0.3) is 0 Å². The fraction of sp³-hybridized carbons (Fsp3) is 0.350. The summed E-state index contributed by atoms with van der Waals surface area (Å²) in [6.45, 7) is 5.67. The number of Topliss-reactive ketones (excluding diaryl/α,β-unsaturated/α-hetero) is 1. The zero-order chi connectivity index (χ0) is 17.8. The van der Waals surface area contributed by atoms with Crippen LogP contribution < -0.4 is 0 Å². The van der Waals surface area contributed by atoms with Crippen molar-refractivity contribution < 1.29 is 19.3 Å². The van der Waals surface area contributed by atoms with Gasteiger partial charge in [-0.1, -0.05) is 41.9 Å². The highest BCUT2D eigenvalue weighted by Crippen LogP contribution is 2.49. The SMILES string of the molecule is Cc1cccc2c1[C@@]1(C)OO[C@@](C)(c3ccc(Cl)cc3)O[C@H]1CC2=O. The number of rotatable bonds is 1. The second-order valence-corrected chi connectivity index (χ2v) is 7.39. The van der Waals surface area contributed by atoms with Crippen LogP contribution in [0.2, 0.25) is 5.02 Å². The maximum Gasteiger partial charge on any atom is 0.225 e. The quantitative estimate of drug-likeness (QED) is 0.695. The molecule has 0 aromatic heterocycles.